The van der Waals surface area contributed by atoms with Crippen molar-refractivity contribution >= 4 is 11.6 Å². The van der Waals surface area contributed by atoms with Crippen LogP contribution in [0.4, 0.5) is 0 Å². The van der Waals surface area contributed by atoms with Crippen LogP contribution in [0.3, 0.4) is 0 Å². The summed E-state index contributed by atoms with van der Waals surface area (Å²) in [4.78, 5) is 15.3. The molecule has 0 bridgehead atoms. The lowest BCUT2D eigenvalue weighted by molar-refractivity contribution is 0.138. The van der Waals surface area contributed by atoms with E-state index >= 15 is 0 Å². The van der Waals surface area contributed by atoms with E-state index in [2.05, 4.69) is 30.1 Å². The molecule has 1 N–H and O–H groups in total. The van der Waals surface area contributed by atoms with Crippen LogP contribution in [0.15, 0.2) is 29.1 Å². The summed E-state index contributed by atoms with van der Waals surface area (Å²) in [6, 6.07) is 8.34. The van der Waals surface area contributed by atoms with Gasteiger partial charge in [0, 0.05) is 18.6 Å². The van der Waals surface area contributed by atoms with Gasteiger partial charge in [-0.25, -0.2) is 0 Å². The second-order valence-electron chi connectivity index (χ2n) is 5.97. The molecular formula is C19H22ClNO2. The van der Waals surface area contributed by atoms with Gasteiger partial charge in [-0.1, -0.05) is 42.8 Å². The van der Waals surface area contributed by atoms with Crippen LogP contribution in [-0.2, 0) is 24.0 Å². The first-order valence-corrected chi connectivity index (χ1v) is 8.69. The van der Waals surface area contributed by atoms with E-state index in [1.165, 1.54) is 5.56 Å². The van der Waals surface area contributed by atoms with Gasteiger partial charge < -0.3 is 9.72 Å². The minimum atomic E-state index is -0.0921. The van der Waals surface area contributed by atoms with Gasteiger partial charge in [0.1, 0.15) is 5.15 Å². The summed E-state index contributed by atoms with van der Waals surface area (Å²) in [6.45, 7) is 3.37. The Bertz CT molecular complexity index is 752. The Labute approximate surface area is 141 Å². The Hall–Kier alpha value is -1.58. The number of hydrogen-bond donors (Lipinski definition) is 1. The van der Waals surface area contributed by atoms with Crippen molar-refractivity contribution in [3.05, 3.63) is 56.5 Å². The lowest BCUT2D eigenvalue weighted by Gasteiger charge is -2.15. The Balaban J connectivity index is 2.10. The van der Waals surface area contributed by atoms with Gasteiger partial charge in [0.25, 0.3) is 5.56 Å². The summed E-state index contributed by atoms with van der Waals surface area (Å²) in [5.41, 5.74) is 5.26. The predicted octanol–water partition coefficient (Wildman–Crippen LogP) is 4.15. The minimum Gasteiger partial charge on any atom is -0.381 e. The number of aryl methyl sites for hydroxylation is 1. The quantitative estimate of drug-likeness (QED) is 0.660. The zero-order valence-corrected chi connectivity index (χ0v) is 14.2. The molecule has 0 atom stereocenters. The Morgan fingerprint density at radius 3 is 2.87 bits per heavy atom. The van der Waals surface area contributed by atoms with E-state index in [0.29, 0.717) is 18.2 Å². The second kappa shape index (κ2) is 7.33. The van der Waals surface area contributed by atoms with Crippen LogP contribution < -0.4 is 5.56 Å². The van der Waals surface area contributed by atoms with Crippen molar-refractivity contribution in [1.29, 1.82) is 0 Å². The van der Waals surface area contributed by atoms with Gasteiger partial charge in [-0.15, -0.1) is 0 Å². The third kappa shape index (κ3) is 3.36. The first-order chi connectivity index (χ1) is 11.2. The number of aromatic amines is 1. The number of benzene rings is 1. The van der Waals surface area contributed by atoms with E-state index in [0.717, 1.165) is 54.5 Å². The topological polar surface area (TPSA) is 42.1 Å². The highest BCUT2D eigenvalue weighted by Gasteiger charge is 2.22. The first kappa shape index (κ1) is 16.3. The zero-order chi connectivity index (χ0) is 16.2. The fourth-order valence-electron chi connectivity index (χ4n) is 3.31. The maximum atomic E-state index is 12.5. The predicted molar refractivity (Wildman–Crippen MR) is 94.3 cm³/mol. The number of ether oxygens (including phenoxy) is 1. The van der Waals surface area contributed by atoms with E-state index in [1.54, 1.807) is 0 Å². The van der Waals surface area contributed by atoms with Crippen LogP contribution in [0.25, 0.3) is 11.1 Å². The maximum absolute atomic E-state index is 12.5. The summed E-state index contributed by atoms with van der Waals surface area (Å²) in [6.07, 6.45) is 4.55. The normalized spacial score (nSPS) is 13.3. The molecule has 1 aliphatic carbocycles. The number of rotatable bonds is 5. The highest BCUT2D eigenvalue weighted by molar-refractivity contribution is 6.30. The van der Waals surface area contributed by atoms with Crippen molar-refractivity contribution in [3.63, 3.8) is 0 Å². The fraction of sp³-hybridized carbons (Fsp3) is 0.421. The minimum absolute atomic E-state index is 0.0921. The third-order valence-corrected chi connectivity index (χ3v) is 4.69. The molecule has 0 unspecified atom stereocenters. The number of pyridine rings is 1. The van der Waals surface area contributed by atoms with E-state index in [9.17, 15) is 4.79 Å². The van der Waals surface area contributed by atoms with Crippen LogP contribution >= 0.6 is 11.6 Å². The summed E-state index contributed by atoms with van der Waals surface area (Å²) in [5.74, 6) is 0. The summed E-state index contributed by atoms with van der Waals surface area (Å²) >= 11 is 6.36. The molecule has 0 amide bonds. The molecule has 122 valence electrons. The molecule has 1 heterocycles. The molecule has 1 aromatic carbocycles. The van der Waals surface area contributed by atoms with Gasteiger partial charge in [-0.3, -0.25) is 4.79 Å². The lowest BCUT2D eigenvalue weighted by atomic mass is 9.92. The number of halogens is 1. The molecule has 3 nitrogen and oxygen atoms in total. The summed E-state index contributed by atoms with van der Waals surface area (Å²) in [5, 5.41) is 0.486. The lowest BCUT2D eigenvalue weighted by Crippen LogP contribution is -2.18. The molecule has 4 heteroatoms. The molecule has 0 saturated heterocycles. The van der Waals surface area contributed by atoms with Gasteiger partial charge in [0.15, 0.2) is 0 Å². The molecule has 1 aliphatic rings. The molecule has 2 aromatic rings. The van der Waals surface area contributed by atoms with Crippen LogP contribution in [0.1, 0.15) is 36.5 Å². The molecule has 1 aromatic heterocycles. The van der Waals surface area contributed by atoms with Crippen molar-refractivity contribution in [2.75, 3.05) is 13.2 Å². The molecule has 0 spiro atoms. The van der Waals surface area contributed by atoms with Gasteiger partial charge in [-0.05, 0) is 47.9 Å². The number of H-pyrrole nitrogens is 1. The molecular weight excluding hydrogens is 310 g/mol. The van der Waals surface area contributed by atoms with Gasteiger partial charge in [0.2, 0.25) is 0 Å². The van der Waals surface area contributed by atoms with Crippen LogP contribution in [0, 0.1) is 0 Å². The molecule has 0 saturated carbocycles. The maximum Gasteiger partial charge on any atom is 0.252 e. The summed E-state index contributed by atoms with van der Waals surface area (Å²) in [7, 11) is 0. The van der Waals surface area contributed by atoms with Crippen molar-refractivity contribution < 1.29 is 4.74 Å². The van der Waals surface area contributed by atoms with E-state index in [1.807, 2.05) is 6.07 Å². The SMILES string of the molecule is CCCOCCc1c2c(c(Cl)[nH]c1=O)CCCc1ccccc1-2. The van der Waals surface area contributed by atoms with E-state index in [-0.39, 0.29) is 5.56 Å². The van der Waals surface area contributed by atoms with Gasteiger partial charge in [-0.2, -0.15) is 0 Å². The molecule has 0 aliphatic heterocycles. The van der Waals surface area contributed by atoms with Gasteiger partial charge >= 0.3 is 0 Å². The average Bonchev–Trinajstić information content (AvgIpc) is 2.74. The largest absolute Gasteiger partial charge is 0.381 e. The highest BCUT2D eigenvalue weighted by atomic mass is 35.5. The van der Waals surface area contributed by atoms with Crippen molar-refractivity contribution in [2.45, 2.75) is 39.0 Å². The van der Waals surface area contributed by atoms with Crippen LogP contribution in [-0.4, -0.2) is 18.2 Å². The van der Waals surface area contributed by atoms with Gasteiger partial charge in [0.05, 0.1) is 6.61 Å². The third-order valence-electron chi connectivity index (χ3n) is 4.37. The number of hydrogen-bond acceptors (Lipinski definition) is 2. The average molecular weight is 332 g/mol. The summed E-state index contributed by atoms with van der Waals surface area (Å²) < 4.78 is 5.60. The number of fused-ring (bicyclic) bond motifs is 3. The fourth-order valence-corrected chi connectivity index (χ4v) is 3.59. The van der Waals surface area contributed by atoms with Crippen molar-refractivity contribution in [1.82, 2.24) is 4.98 Å². The first-order valence-electron chi connectivity index (χ1n) is 8.32. The smallest absolute Gasteiger partial charge is 0.252 e. The molecule has 0 radical (unpaired) electrons. The zero-order valence-electron chi connectivity index (χ0n) is 13.5. The highest BCUT2D eigenvalue weighted by Crippen LogP contribution is 2.36. The molecule has 0 fully saturated rings. The van der Waals surface area contributed by atoms with Crippen LogP contribution in [0.5, 0.6) is 0 Å². The Morgan fingerprint density at radius 1 is 1.22 bits per heavy atom. The van der Waals surface area contributed by atoms with Crippen LogP contribution in [0.2, 0.25) is 5.15 Å². The standard InChI is InChI=1S/C19H22ClNO2/c1-2-11-23-12-10-16-17-14-8-4-3-6-13(14)7-5-9-15(17)18(20)21-19(16)22/h3-4,6,8H,2,5,7,9-12H2,1H3,(H,21,22). The molecule has 3 rings (SSSR count). The van der Waals surface area contributed by atoms with Crippen molar-refractivity contribution in [3.8, 4) is 11.1 Å². The Kier molecular flexibility index (Phi) is 5.19. The number of nitrogens with one attached hydrogen (secondary N) is 1. The Morgan fingerprint density at radius 2 is 2.04 bits per heavy atom. The number of aromatic nitrogens is 1. The van der Waals surface area contributed by atoms with Crippen molar-refractivity contribution in [2.24, 2.45) is 0 Å². The monoisotopic (exact) mass is 331 g/mol. The second-order valence-corrected chi connectivity index (χ2v) is 6.35. The van der Waals surface area contributed by atoms with E-state index < -0.39 is 0 Å². The molecule has 23 heavy (non-hydrogen) atoms. The van der Waals surface area contributed by atoms with E-state index in [4.69, 9.17) is 16.3 Å².